The fourth-order valence-corrected chi connectivity index (χ4v) is 5.55. The van der Waals surface area contributed by atoms with Crippen LogP contribution in [0.3, 0.4) is 0 Å². The monoisotopic (exact) mass is 405 g/mol. The van der Waals surface area contributed by atoms with Gasteiger partial charge in [0.1, 0.15) is 0 Å². The number of nitriles is 1. The zero-order valence-electron chi connectivity index (χ0n) is 17.6. The van der Waals surface area contributed by atoms with Gasteiger partial charge in [-0.25, -0.2) is 0 Å². The van der Waals surface area contributed by atoms with Crippen LogP contribution in [0.2, 0.25) is 0 Å². The molecular weight excluding hydrogens is 374 g/mol. The first-order valence-electron chi connectivity index (χ1n) is 11.0. The molecule has 3 N–H and O–H groups in total. The molecule has 0 radical (unpaired) electrons. The normalized spacial score (nSPS) is 32.5. The predicted molar refractivity (Wildman–Crippen MR) is 117 cm³/mol. The van der Waals surface area contributed by atoms with Crippen molar-refractivity contribution in [2.24, 2.45) is 22.7 Å². The Morgan fingerprint density at radius 1 is 1.20 bits per heavy atom. The van der Waals surface area contributed by atoms with Gasteiger partial charge in [-0.05, 0) is 55.9 Å². The molecular formula is C24H31N5O. The van der Waals surface area contributed by atoms with Crippen LogP contribution in [0.15, 0.2) is 47.5 Å². The molecule has 0 heterocycles. The Bertz CT molecular complexity index is 848. The molecule has 3 unspecified atom stereocenters. The standard InChI is InChI=1S/C24H31N5O/c1-26-23(28-16-25)29-20-9-11-24(12-10-20,19-5-3-2-4-6-19)15-27-22(30)21-14-17-7-8-18(21)13-17/h2-8,17-18,20-21H,9-15H2,1H3,(H,27,30)(H2,26,28,29). The number of carbonyl (C=O) groups excluding carboxylic acids is 1. The van der Waals surface area contributed by atoms with Crippen LogP contribution >= 0.6 is 0 Å². The summed E-state index contributed by atoms with van der Waals surface area (Å²) in [7, 11) is 1.67. The first-order chi connectivity index (χ1) is 14.6. The molecule has 3 aliphatic carbocycles. The van der Waals surface area contributed by atoms with E-state index >= 15 is 0 Å². The smallest absolute Gasteiger partial charge is 0.223 e. The van der Waals surface area contributed by atoms with Gasteiger partial charge in [0.2, 0.25) is 11.9 Å². The van der Waals surface area contributed by atoms with Crippen LogP contribution in [0, 0.1) is 29.2 Å². The molecule has 1 amide bonds. The number of allylic oxidation sites excluding steroid dienone is 2. The van der Waals surface area contributed by atoms with E-state index in [1.807, 2.05) is 12.3 Å². The number of carbonyl (C=O) groups is 1. The van der Waals surface area contributed by atoms with Crippen LogP contribution in [0.5, 0.6) is 0 Å². The summed E-state index contributed by atoms with van der Waals surface area (Å²) in [4.78, 5) is 17.1. The topological polar surface area (TPSA) is 89.3 Å². The molecule has 2 bridgehead atoms. The van der Waals surface area contributed by atoms with Crippen molar-refractivity contribution in [3.05, 3.63) is 48.0 Å². The fraction of sp³-hybridized carbons (Fsp3) is 0.542. The van der Waals surface area contributed by atoms with Crippen LogP contribution in [-0.2, 0) is 10.2 Å². The molecule has 2 saturated carbocycles. The van der Waals surface area contributed by atoms with Gasteiger partial charge in [-0.3, -0.25) is 15.1 Å². The highest BCUT2D eigenvalue weighted by Gasteiger charge is 2.42. The molecule has 158 valence electrons. The summed E-state index contributed by atoms with van der Waals surface area (Å²) >= 11 is 0. The summed E-state index contributed by atoms with van der Waals surface area (Å²) < 4.78 is 0. The van der Waals surface area contributed by atoms with Gasteiger partial charge in [0.05, 0.1) is 0 Å². The van der Waals surface area contributed by atoms with Crippen LogP contribution in [-0.4, -0.2) is 31.5 Å². The molecule has 0 aliphatic heterocycles. The van der Waals surface area contributed by atoms with E-state index in [4.69, 9.17) is 5.26 Å². The highest BCUT2D eigenvalue weighted by atomic mass is 16.1. The number of amides is 1. The van der Waals surface area contributed by atoms with Gasteiger partial charge < -0.3 is 10.6 Å². The van der Waals surface area contributed by atoms with Crippen molar-refractivity contribution in [3.8, 4) is 6.19 Å². The second-order valence-corrected chi connectivity index (χ2v) is 8.98. The third-order valence-electron chi connectivity index (χ3n) is 7.28. The van der Waals surface area contributed by atoms with Gasteiger partial charge in [0.25, 0.3) is 0 Å². The number of guanidine groups is 1. The van der Waals surface area contributed by atoms with E-state index in [0.717, 1.165) is 38.5 Å². The van der Waals surface area contributed by atoms with Gasteiger partial charge in [-0.15, -0.1) is 0 Å². The van der Waals surface area contributed by atoms with Crippen molar-refractivity contribution in [1.82, 2.24) is 16.0 Å². The third kappa shape index (κ3) is 4.21. The Hall–Kier alpha value is -2.81. The number of nitrogens with one attached hydrogen (secondary N) is 3. The zero-order valence-corrected chi connectivity index (χ0v) is 17.6. The van der Waals surface area contributed by atoms with Crippen molar-refractivity contribution < 1.29 is 4.79 Å². The highest BCUT2D eigenvalue weighted by molar-refractivity contribution is 5.81. The largest absolute Gasteiger partial charge is 0.355 e. The minimum atomic E-state index is -0.0469. The second-order valence-electron chi connectivity index (χ2n) is 8.98. The van der Waals surface area contributed by atoms with E-state index in [1.54, 1.807) is 7.05 Å². The lowest BCUT2D eigenvalue weighted by Crippen LogP contribution is -2.50. The Labute approximate surface area is 178 Å². The molecule has 6 heteroatoms. The van der Waals surface area contributed by atoms with E-state index in [2.05, 4.69) is 57.4 Å². The molecule has 30 heavy (non-hydrogen) atoms. The molecule has 6 nitrogen and oxygen atoms in total. The van der Waals surface area contributed by atoms with Crippen molar-refractivity contribution in [3.63, 3.8) is 0 Å². The molecule has 1 aromatic carbocycles. The quantitative estimate of drug-likeness (QED) is 0.231. The lowest BCUT2D eigenvalue weighted by molar-refractivity contribution is -0.126. The number of rotatable bonds is 5. The first kappa shape index (κ1) is 20.5. The molecule has 0 spiro atoms. The predicted octanol–water partition coefficient (Wildman–Crippen LogP) is 2.84. The minimum absolute atomic E-state index is 0.0469. The number of benzene rings is 1. The first-order valence-corrected chi connectivity index (χ1v) is 11.0. The SMILES string of the molecule is CN=C(NC#N)NC1CCC(CNC(=O)C2CC3C=CC2C3)(c2ccccc2)CC1. The van der Waals surface area contributed by atoms with Gasteiger partial charge in [0.15, 0.2) is 6.19 Å². The van der Waals surface area contributed by atoms with Gasteiger partial charge >= 0.3 is 0 Å². The molecule has 4 rings (SSSR count). The zero-order chi connectivity index (χ0) is 21.0. The van der Waals surface area contributed by atoms with E-state index in [1.165, 1.54) is 5.56 Å². The Balaban J connectivity index is 1.42. The lowest BCUT2D eigenvalue weighted by atomic mass is 9.68. The van der Waals surface area contributed by atoms with E-state index < -0.39 is 0 Å². The van der Waals surface area contributed by atoms with E-state index in [9.17, 15) is 4.79 Å². The molecule has 1 aromatic rings. The van der Waals surface area contributed by atoms with Crippen LogP contribution in [0.1, 0.15) is 44.1 Å². The molecule has 0 saturated heterocycles. The summed E-state index contributed by atoms with van der Waals surface area (Å²) in [5, 5.41) is 18.1. The third-order valence-corrected chi connectivity index (χ3v) is 7.28. The summed E-state index contributed by atoms with van der Waals surface area (Å²) in [5.41, 5.74) is 1.26. The summed E-state index contributed by atoms with van der Waals surface area (Å²) in [6.45, 7) is 0.686. The number of aliphatic imine (C=N–C) groups is 1. The average molecular weight is 406 g/mol. The van der Waals surface area contributed by atoms with Crippen molar-refractivity contribution >= 4 is 11.9 Å². The molecule has 0 aromatic heterocycles. The number of hydrogen-bond donors (Lipinski definition) is 3. The Morgan fingerprint density at radius 3 is 2.57 bits per heavy atom. The van der Waals surface area contributed by atoms with Crippen molar-refractivity contribution in [2.75, 3.05) is 13.6 Å². The Morgan fingerprint density at radius 2 is 1.97 bits per heavy atom. The lowest BCUT2D eigenvalue weighted by Gasteiger charge is -2.41. The number of fused-ring (bicyclic) bond motifs is 2. The summed E-state index contributed by atoms with van der Waals surface area (Å²) in [6.07, 6.45) is 12.5. The number of hydrogen-bond acceptors (Lipinski definition) is 3. The average Bonchev–Trinajstić information content (AvgIpc) is 3.43. The highest BCUT2D eigenvalue weighted by Crippen LogP contribution is 2.44. The van der Waals surface area contributed by atoms with Crippen LogP contribution in [0.25, 0.3) is 0 Å². The molecule has 2 fully saturated rings. The maximum Gasteiger partial charge on any atom is 0.223 e. The Kier molecular flexibility index (Phi) is 6.08. The van der Waals surface area contributed by atoms with Crippen LogP contribution < -0.4 is 16.0 Å². The number of nitrogens with zero attached hydrogens (tertiary/aromatic N) is 2. The van der Waals surface area contributed by atoms with Gasteiger partial charge in [0, 0.05) is 31.0 Å². The maximum absolute atomic E-state index is 13.0. The van der Waals surface area contributed by atoms with Crippen LogP contribution in [0.4, 0.5) is 0 Å². The van der Waals surface area contributed by atoms with Crippen molar-refractivity contribution in [1.29, 1.82) is 5.26 Å². The van der Waals surface area contributed by atoms with E-state index in [-0.39, 0.29) is 23.3 Å². The fourth-order valence-electron chi connectivity index (χ4n) is 5.55. The molecule has 3 aliphatic rings. The van der Waals surface area contributed by atoms with Gasteiger partial charge in [-0.2, -0.15) is 5.26 Å². The minimum Gasteiger partial charge on any atom is -0.355 e. The summed E-state index contributed by atoms with van der Waals surface area (Å²) in [6, 6.07) is 10.9. The summed E-state index contributed by atoms with van der Waals surface area (Å²) in [5.74, 6) is 1.92. The van der Waals surface area contributed by atoms with Crippen molar-refractivity contribution in [2.45, 2.75) is 50.0 Å². The second kappa shape index (κ2) is 8.91. The molecule has 3 atom stereocenters. The van der Waals surface area contributed by atoms with Gasteiger partial charge in [-0.1, -0.05) is 42.5 Å². The maximum atomic E-state index is 13.0. The van der Waals surface area contributed by atoms with E-state index in [0.29, 0.717) is 24.3 Å².